The van der Waals surface area contributed by atoms with E-state index in [9.17, 15) is 18.0 Å². The van der Waals surface area contributed by atoms with Crippen molar-refractivity contribution in [3.63, 3.8) is 0 Å². The molecule has 3 nitrogen and oxygen atoms in total. The maximum absolute atomic E-state index is 12.6. The molecule has 0 radical (unpaired) electrons. The van der Waals surface area contributed by atoms with Crippen LogP contribution < -0.4 is 0 Å². The van der Waals surface area contributed by atoms with Crippen LogP contribution in [-0.2, 0) is 6.18 Å². The number of alkyl halides is 3. The van der Waals surface area contributed by atoms with Crippen molar-refractivity contribution in [1.82, 2.24) is 9.78 Å². The Morgan fingerprint density at radius 2 is 1.94 bits per heavy atom. The summed E-state index contributed by atoms with van der Waals surface area (Å²) in [5.41, 5.74) is -0.353. The molecule has 1 aromatic heterocycles. The molecule has 2 rings (SSSR count). The third-order valence-electron chi connectivity index (χ3n) is 2.50. The molecule has 0 aliphatic heterocycles. The molecule has 0 spiro atoms. The largest absolute Gasteiger partial charge is 0.435 e. The molecular formula is C12H9F3N2O. The fraction of sp³-hybridized carbons (Fsp3) is 0.167. The first-order chi connectivity index (χ1) is 8.43. The Bertz CT molecular complexity index is 587. The van der Waals surface area contributed by atoms with Crippen LogP contribution in [0.3, 0.4) is 0 Å². The first-order valence-corrected chi connectivity index (χ1v) is 5.11. The number of hydrogen-bond acceptors (Lipinski definition) is 2. The van der Waals surface area contributed by atoms with E-state index in [-0.39, 0.29) is 6.29 Å². The monoisotopic (exact) mass is 254 g/mol. The maximum Gasteiger partial charge on any atom is 0.435 e. The summed E-state index contributed by atoms with van der Waals surface area (Å²) in [5, 5.41) is 3.44. The molecule has 6 heteroatoms. The van der Waals surface area contributed by atoms with Crippen molar-refractivity contribution in [2.45, 2.75) is 13.1 Å². The van der Waals surface area contributed by atoms with Gasteiger partial charge in [0.05, 0.1) is 11.3 Å². The van der Waals surface area contributed by atoms with E-state index >= 15 is 0 Å². The fourth-order valence-electron chi connectivity index (χ4n) is 1.64. The Balaban J connectivity index is 2.58. The molecule has 94 valence electrons. The lowest BCUT2D eigenvalue weighted by molar-refractivity contribution is -0.141. The Hall–Kier alpha value is -2.11. The lowest BCUT2D eigenvalue weighted by atomic mass is 10.2. The Labute approximate surface area is 101 Å². The summed E-state index contributed by atoms with van der Waals surface area (Å²) in [5.74, 6) is 0. The van der Waals surface area contributed by atoms with Gasteiger partial charge < -0.3 is 0 Å². The summed E-state index contributed by atoms with van der Waals surface area (Å²) in [6, 6.07) is 6.85. The summed E-state index contributed by atoms with van der Waals surface area (Å²) in [7, 11) is 0. The summed E-state index contributed by atoms with van der Waals surface area (Å²) in [6.07, 6.45) is -3.40. The van der Waals surface area contributed by atoms with E-state index in [1.54, 1.807) is 31.2 Å². The average Bonchev–Trinajstić information content (AvgIpc) is 2.73. The van der Waals surface area contributed by atoms with Crippen molar-refractivity contribution < 1.29 is 18.0 Å². The molecule has 0 fully saturated rings. The van der Waals surface area contributed by atoms with Crippen molar-refractivity contribution in [3.05, 3.63) is 47.3 Å². The van der Waals surface area contributed by atoms with Gasteiger partial charge in [0.15, 0.2) is 12.0 Å². The number of carbonyl (C=O) groups is 1. The van der Waals surface area contributed by atoms with Crippen LogP contribution in [0.1, 0.15) is 21.6 Å². The average molecular weight is 254 g/mol. The van der Waals surface area contributed by atoms with Gasteiger partial charge in [-0.2, -0.15) is 18.3 Å². The number of para-hydroxylation sites is 1. The second kappa shape index (κ2) is 4.29. The quantitative estimate of drug-likeness (QED) is 0.772. The number of hydrogen-bond donors (Lipinski definition) is 0. The van der Waals surface area contributed by atoms with Crippen LogP contribution in [0.5, 0.6) is 0 Å². The molecule has 0 amide bonds. The second-order valence-electron chi connectivity index (χ2n) is 3.78. The SMILES string of the molecule is Cc1ccccc1-n1cc(C=O)c(C(F)(F)F)n1. The third-order valence-corrected chi connectivity index (χ3v) is 2.50. The highest BCUT2D eigenvalue weighted by molar-refractivity contribution is 5.76. The van der Waals surface area contributed by atoms with Gasteiger partial charge in [-0.25, -0.2) is 4.68 Å². The smallest absolute Gasteiger partial charge is 0.298 e. The minimum absolute atomic E-state index is 0.157. The minimum atomic E-state index is -4.63. The summed E-state index contributed by atoms with van der Waals surface area (Å²) < 4.78 is 39.0. The topological polar surface area (TPSA) is 34.9 Å². The van der Waals surface area contributed by atoms with E-state index in [4.69, 9.17) is 0 Å². The number of aryl methyl sites for hydroxylation is 1. The zero-order valence-corrected chi connectivity index (χ0v) is 9.40. The van der Waals surface area contributed by atoms with Gasteiger partial charge in [-0.1, -0.05) is 18.2 Å². The van der Waals surface area contributed by atoms with Gasteiger partial charge in [-0.3, -0.25) is 4.79 Å². The number of nitrogens with zero attached hydrogens (tertiary/aromatic N) is 2. The molecule has 18 heavy (non-hydrogen) atoms. The molecule has 0 aliphatic rings. The number of aromatic nitrogens is 2. The van der Waals surface area contributed by atoms with Crippen molar-refractivity contribution >= 4 is 6.29 Å². The van der Waals surface area contributed by atoms with Gasteiger partial charge in [0.2, 0.25) is 0 Å². The van der Waals surface area contributed by atoms with Crippen molar-refractivity contribution in [2.24, 2.45) is 0 Å². The highest BCUT2D eigenvalue weighted by Gasteiger charge is 2.37. The van der Waals surface area contributed by atoms with Gasteiger partial charge in [0.1, 0.15) is 0 Å². The second-order valence-corrected chi connectivity index (χ2v) is 3.78. The predicted molar refractivity (Wildman–Crippen MR) is 58.7 cm³/mol. The van der Waals surface area contributed by atoms with Gasteiger partial charge in [0.25, 0.3) is 0 Å². The molecule has 0 saturated heterocycles. The molecule has 1 heterocycles. The predicted octanol–water partition coefficient (Wildman–Crippen LogP) is 3.01. The van der Waals surface area contributed by atoms with Gasteiger partial charge in [-0.15, -0.1) is 0 Å². The molecule has 1 aromatic carbocycles. The lowest BCUT2D eigenvalue weighted by Crippen LogP contribution is -2.09. The van der Waals surface area contributed by atoms with Gasteiger partial charge in [-0.05, 0) is 18.6 Å². The van der Waals surface area contributed by atoms with Crippen molar-refractivity contribution in [2.75, 3.05) is 0 Å². The highest BCUT2D eigenvalue weighted by atomic mass is 19.4. The molecule has 0 atom stereocenters. The molecular weight excluding hydrogens is 245 g/mol. The number of aldehydes is 1. The van der Waals surface area contributed by atoms with Crippen LogP contribution in [0.15, 0.2) is 30.5 Å². The molecule has 0 saturated carbocycles. The lowest BCUT2D eigenvalue weighted by Gasteiger charge is -2.05. The first-order valence-electron chi connectivity index (χ1n) is 5.11. The molecule has 0 aliphatic carbocycles. The maximum atomic E-state index is 12.6. The van der Waals surface area contributed by atoms with E-state index < -0.39 is 17.4 Å². The zero-order chi connectivity index (χ0) is 13.3. The zero-order valence-electron chi connectivity index (χ0n) is 9.40. The Morgan fingerprint density at radius 1 is 1.28 bits per heavy atom. The summed E-state index contributed by atoms with van der Waals surface area (Å²) in [6.45, 7) is 1.75. The van der Waals surface area contributed by atoms with Crippen LogP contribution in [0, 0.1) is 6.92 Å². The number of rotatable bonds is 2. The Kier molecular flexibility index (Phi) is 2.94. The molecule has 0 N–H and O–H groups in total. The normalized spacial score (nSPS) is 11.6. The minimum Gasteiger partial charge on any atom is -0.298 e. The van der Waals surface area contributed by atoms with E-state index in [0.717, 1.165) is 16.4 Å². The molecule has 0 unspecified atom stereocenters. The standard InChI is InChI=1S/C12H9F3N2O/c1-8-4-2-3-5-10(8)17-6-9(7-18)11(16-17)12(13,14)15/h2-7H,1H3. The van der Waals surface area contributed by atoms with E-state index in [1.165, 1.54) is 0 Å². The first kappa shape index (κ1) is 12.3. The van der Waals surface area contributed by atoms with E-state index in [1.807, 2.05) is 0 Å². The van der Waals surface area contributed by atoms with Crippen molar-refractivity contribution in [1.29, 1.82) is 0 Å². The number of carbonyl (C=O) groups excluding carboxylic acids is 1. The van der Waals surface area contributed by atoms with Crippen LogP contribution in [-0.4, -0.2) is 16.1 Å². The highest BCUT2D eigenvalue weighted by Crippen LogP contribution is 2.30. The van der Waals surface area contributed by atoms with Gasteiger partial charge >= 0.3 is 6.18 Å². The van der Waals surface area contributed by atoms with Crippen LogP contribution in [0.4, 0.5) is 13.2 Å². The van der Waals surface area contributed by atoms with Crippen LogP contribution in [0.2, 0.25) is 0 Å². The van der Waals surface area contributed by atoms with E-state index in [2.05, 4.69) is 5.10 Å². The molecule has 2 aromatic rings. The van der Waals surface area contributed by atoms with Gasteiger partial charge in [0, 0.05) is 6.20 Å². The fourth-order valence-corrected chi connectivity index (χ4v) is 1.64. The van der Waals surface area contributed by atoms with Crippen LogP contribution >= 0.6 is 0 Å². The summed E-state index contributed by atoms with van der Waals surface area (Å²) in [4.78, 5) is 10.7. The van der Waals surface area contributed by atoms with Crippen LogP contribution in [0.25, 0.3) is 5.69 Å². The number of benzene rings is 1. The number of halogens is 3. The third kappa shape index (κ3) is 2.13. The molecule has 0 bridgehead atoms. The Morgan fingerprint density at radius 3 is 2.44 bits per heavy atom. The van der Waals surface area contributed by atoms with E-state index in [0.29, 0.717) is 5.69 Å². The van der Waals surface area contributed by atoms with Crippen molar-refractivity contribution in [3.8, 4) is 5.69 Å². The summed E-state index contributed by atoms with van der Waals surface area (Å²) >= 11 is 0.